The maximum atomic E-state index is 8.93. The first kappa shape index (κ1) is 21.4. The highest BCUT2D eigenvalue weighted by molar-refractivity contribution is 5.22. The zero-order chi connectivity index (χ0) is 18.5. The SMILES string of the molecule is CCCCCCCCc1ccc(CCN2CCN(CCCO)CC2)cc1. The van der Waals surface area contributed by atoms with Crippen molar-refractivity contribution in [1.29, 1.82) is 0 Å². The predicted molar refractivity (Wildman–Crippen MR) is 112 cm³/mol. The van der Waals surface area contributed by atoms with Gasteiger partial charge in [-0.1, -0.05) is 63.3 Å². The smallest absolute Gasteiger partial charge is 0.0443 e. The first-order valence-corrected chi connectivity index (χ1v) is 10.9. The average Bonchev–Trinajstić information content (AvgIpc) is 2.69. The molecule has 148 valence electrons. The third-order valence-corrected chi connectivity index (χ3v) is 5.66. The lowest BCUT2D eigenvalue weighted by atomic mass is 10.0. The van der Waals surface area contributed by atoms with E-state index in [0.717, 1.165) is 32.5 Å². The monoisotopic (exact) mass is 360 g/mol. The summed E-state index contributed by atoms with van der Waals surface area (Å²) in [7, 11) is 0. The third kappa shape index (κ3) is 8.66. The zero-order valence-corrected chi connectivity index (χ0v) is 17.0. The van der Waals surface area contributed by atoms with Gasteiger partial charge in [0.15, 0.2) is 0 Å². The van der Waals surface area contributed by atoms with Gasteiger partial charge in [0.1, 0.15) is 0 Å². The van der Waals surface area contributed by atoms with Crippen molar-refractivity contribution >= 4 is 0 Å². The molecular weight excluding hydrogens is 320 g/mol. The maximum absolute atomic E-state index is 8.93. The molecule has 1 aromatic carbocycles. The van der Waals surface area contributed by atoms with Crippen LogP contribution < -0.4 is 0 Å². The summed E-state index contributed by atoms with van der Waals surface area (Å²) in [6, 6.07) is 9.36. The molecule has 1 fully saturated rings. The van der Waals surface area contributed by atoms with Crippen molar-refractivity contribution in [3.8, 4) is 0 Å². The van der Waals surface area contributed by atoms with Gasteiger partial charge in [0.25, 0.3) is 0 Å². The molecule has 0 aromatic heterocycles. The van der Waals surface area contributed by atoms with E-state index in [-0.39, 0.29) is 0 Å². The van der Waals surface area contributed by atoms with Gasteiger partial charge in [-0.15, -0.1) is 0 Å². The molecule has 0 amide bonds. The minimum atomic E-state index is 0.315. The van der Waals surface area contributed by atoms with Crippen LogP contribution in [0.1, 0.15) is 63.0 Å². The van der Waals surface area contributed by atoms with Gasteiger partial charge in [-0.05, 0) is 36.8 Å². The van der Waals surface area contributed by atoms with Gasteiger partial charge in [-0.25, -0.2) is 0 Å². The van der Waals surface area contributed by atoms with Crippen LogP contribution in [0.25, 0.3) is 0 Å². The largest absolute Gasteiger partial charge is 0.396 e. The van der Waals surface area contributed by atoms with E-state index in [9.17, 15) is 0 Å². The van der Waals surface area contributed by atoms with Crippen molar-refractivity contribution in [2.75, 3.05) is 45.9 Å². The van der Waals surface area contributed by atoms with Crippen LogP contribution in [-0.2, 0) is 12.8 Å². The summed E-state index contributed by atoms with van der Waals surface area (Å²) in [5, 5.41) is 8.93. The van der Waals surface area contributed by atoms with Crippen LogP contribution in [0.3, 0.4) is 0 Å². The minimum absolute atomic E-state index is 0.315. The summed E-state index contributed by atoms with van der Waals surface area (Å²) in [6.07, 6.45) is 11.6. The third-order valence-electron chi connectivity index (χ3n) is 5.66. The molecule has 0 spiro atoms. The molecule has 1 heterocycles. The molecular formula is C23H40N2O. The molecule has 1 aliphatic heterocycles. The van der Waals surface area contributed by atoms with Crippen LogP contribution in [0.5, 0.6) is 0 Å². The second-order valence-corrected chi connectivity index (χ2v) is 7.84. The molecule has 0 saturated carbocycles. The Hall–Kier alpha value is -0.900. The number of hydrogen-bond acceptors (Lipinski definition) is 3. The van der Waals surface area contributed by atoms with Crippen molar-refractivity contribution in [2.24, 2.45) is 0 Å². The van der Waals surface area contributed by atoms with E-state index in [1.807, 2.05) is 0 Å². The van der Waals surface area contributed by atoms with E-state index >= 15 is 0 Å². The number of piperazine rings is 1. The lowest BCUT2D eigenvalue weighted by molar-refractivity contribution is 0.125. The highest BCUT2D eigenvalue weighted by atomic mass is 16.3. The van der Waals surface area contributed by atoms with E-state index in [2.05, 4.69) is 41.0 Å². The standard InChI is InChI=1S/C23H40N2O/c1-2-3-4-5-6-7-9-22-10-12-23(13-11-22)14-16-25-19-17-24(18-20-25)15-8-21-26/h10-13,26H,2-9,14-21H2,1H3. The van der Waals surface area contributed by atoms with Crippen molar-refractivity contribution in [2.45, 2.75) is 64.7 Å². The Labute approximate surface area is 161 Å². The predicted octanol–water partition coefficient (Wildman–Crippen LogP) is 4.13. The lowest BCUT2D eigenvalue weighted by Gasteiger charge is -2.34. The number of rotatable bonds is 13. The van der Waals surface area contributed by atoms with Crippen molar-refractivity contribution in [3.05, 3.63) is 35.4 Å². The number of benzene rings is 1. The van der Waals surface area contributed by atoms with Crippen LogP contribution in [0.2, 0.25) is 0 Å². The van der Waals surface area contributed by atoms with Gasteiger partial charge in [0, 0.05) is 45.9 Å². The second-order valence-electron chi connectivity index (χ2n) is 7.84. The van der Waals surface area contributed by atoms with E-state index in [1.54, 1.807) is 0 Å². The number of nitrogens with zero attached hydrogens (tertiary/aromatic N) is 2. The van der Waals surface area contributed by atoms with Crippen molar-refractivity contribution < 1.29 is 5.11 Å². The Balaban J connectivity index is 1.57. The van der Waals surface area contributed by atoms with Gasteiger partial charge in [0.2, 0.25) is 0 Å². The minimum Gasteiger partial charge on any atom is -0.396 e. The van der Waals surface area contributed by atoms with Gasteiger partial charge in [-0.2, -0.15) is 0 Å². The molecule has 0 aliphatic carbocycles. The van der Waals surface area contributed by atoms with E-state index in [1.165, 1.54) is 75.7 Å². The first-order valence-electron chi connectivity index (χ1n) is 10.9. The van der Waals surface area contributed by atoms with Crippen LogP contribution in [0, 0.1) is 0 Å². The molecule has 0 radical (unpaired) electrons. The van der Waals surface area contributed by atoms with Crippen LogP contribution in [0.4, 0.5) is 0 Å². The number of aryl methyl sites for hydroxylation is 1. The van der Waals surface area contributed by atoms with Crippen molar-refractivity contribution in [1.82, 2.24) is 9.80 Å². The van der Waals surface area contributed by atoms with Crippen LogP contribution >= 0.6 is 0 Å². The molecule has 0 bridgehead atoms. The van der Waals surface area contributed by atoms with Gasteiger partial charge < -0.3 is 14.9 Å². The van der Waals surface area contributed by atoms with Crippen LogP contribution in [0.15, 0.2) is 24.3 Å². The van der Waals surface area contributed by atoms with Gasteiger partial charge in [0.05, 0.1) is 0 Å². The Morgan fingerprint density at radius 1 is 0.692 bits per heavy atom. The summed E-state index contributed by atoms with van der Waals surface area (Å²) < 4.78 is 0. The summed E-state index contributed by atoms with van der Waals surface area (Å²) in [5.41, 5.74) is 2.97. The highest BCUT2D eigenvalue weighted by Crippen LogP contribution is 2.12. The number of aliphatic hydroxyl groups is 1. The maximum Gasteiger partial charge on any atom is 0.0443 e. The molecule has 1 saturated heterocycles. The fourth-order valence-electron chi connectivity index (χ4n) is 3.80. The molecule has 1 N–H and O–H groups in total. The first-order chi connectivity index (χ1) is 12.8. The quantitative estimate of drug-likeness (QED) is 0.536. The molecule has 2 rings (SSSR count). The number of aliphatic hydroxyl groups excluding tert-OH is 1. The van der Waals surface area contributed by atoms with Gasteiger partial charge >= 0.3 is 0 Å². The Morgan fingerprint density at radius 3 is 1.85 bits per heavy atom. The Kier molecular flexibility index (Phi) is 10.9. The average molecular weight is 361 g/mol. The van der Waals surface area contributed by atoms with E-state index in [4.69, 9.17) is 5.11 Å². The number of unbranched alkanes of at least 4 members (excludes halogenated alkanes) is 5. The van der Waals surface area contributed by atoms with Gasteiger partial charge in [-0.3, -0.25) is 0 Å². The number of hydrogen-bond donors (Lipinski definition) is 1. The molecule has 3 nitrogen and oxygen atoms in total. The summed E-state index contributed by atoms with van der Waals surface area (Å²) >= 11 is 0. The summed E-state index contributed by atoms with van der Waals surface area (Å²) in [4.78, 5) is 5.06. The fraction of sp³-hybridized carbons (Fsp3) is 0.739. The Morgan fingerprint density at radius 2 is 1.23 bits per heavy atom. The highest BCUT2D eigenvalue weighted by Gasteiger charge is 2.15. The lowest BCUT2D eigenvalue weighted by Crippen LogP contribution is -2.47. The van der Waals surface area contributed by atoms with E-state index < -0.39 is 0 Å². The van der Waals surface area contributed by atoms with E-state index in [0.29, 0.717) is 6.61 Å². The molecule has 0 atom stereocenters. The normalized spacial score (nSPS) is 16.2. The molecule has 0 unspecified atom stereocenters. The topological polar surface area (TPSA) is 26.7 Å². The zero-order valence-electron chi connectivity index (χ0n) is 17.0. The van der Waals surface area contributed by atoms with Crippen molar-refractivity contribution in [3.63, 3.8) is 0 Å². The molecule has 26 heavy (non-hydrogen) atoms. The summed E-state index contributed by atoms with van der Waals surface area (Å²) in [6.45, 7) is 9.45. The fourth-order valence-corrected chi connectivity index (χ4v) is 3.80. The molecule has 3 heteroatoms. The second kappa shape index (κ2) is 13.3. The molecule has 1 aliphatic rings. The molecule has 1 aromatic rings. The Bertz CT molecular complexity index is 452. The summed E-state index contributed by atoms with van der Waals surface area (Å²) in [5.74, 6) is 0. The van der Waals surface area contributed by atoms with Crippen LogP contribution in [-0.4, -0.2) is 60.8 Å².